The molecule has 0 heterocycles. The van der Waals surface area contributed by atoms with E-state index in [9.17, 15) is 4.79 Å². The van der Waals surface area contributed by atoms with Gasteiger partial charge in [0.05, 0.1) is 5.57 Å². The van der Waals surface area contributed by atoms with Crippen LogP contribution in [0.15, 0.2) is 119 Å². The number of benzene rings is 4. The Bertz CT molecular complexity index is 1230. The number of carbonyl (C=O) groups is 1. The van der Waals surface area contributed by atoms with Crippen molar-refractivity contribution in [1.29, 1.82) is 0 Å². The average molecular weight is 450 g/mol. The number of amides is 1. The molecular formula is C30H27NOS. The van der Waals surface area contributed by atoms with Crippen LogP contribution in [0.2, 0.25) is 0 Å². The summed E-state index contributed by atoms with van der Waals surface area (Å²) >= 11 is 1.55. The summed E-state index contributed by atoms with van der Waals surface area (Å²) in [6, 6.07) is 36.5. The Balaban J connectivity index is 1.65. The molecule has 1 amide bonds. The molecule has 2 nitrogen and oxygen atoms in total. The van der Waals surface area contributed by atoms with Gasteiger partial charge in [0.15, 0.2) is 0 Å². The molecule has 0 bridgehead atoms. The molecule has 0 spiro atoms. The van der Waals surface area contributed by atoms with Gasteiger partial charge in [-0.3, -0.25) is 4.79 Å². The molecule has 0 radical (unpaired) electrons. The highest BCUT2D eigenvalue weighted by Gasteiger charge is 2.14. The topological polar surface area (TPSA) is 29.1 Å². The Kier molecular flexibility index (Phi) is 7.43. The molecule has 0 saturated carbocycles. The standard InChI is InChI=1S/C30H27NOS/c1-22(2)23-16-18-27(19-17-23)31-30(32)29(21-33-28-14-7-4-8-15-28)26-13-9-12-25(20-26)24-10-5-3-6-11-24/h3-22H,1-2H3,(H,31,32). The fraction of sp³-hybridized carbons (Fsp3) is 0.100. The number of thioether (sulfide) groups is 1. The molecule has 3 heteroatoms. The van der Waals surface area contributed by atoms with E-state index in [1.165, 1.54) is 5.56 Å². The highest BCUT2D eigenvalue weighted by Crippen LogP contribution is 2.29. The van der Waals surface area contributed by atoms with Crippen molar-refractivity contribution in [3.8, 4) is 11.1 Å². The molecule has 0 aromatic heterocycles. The van der Waals surface area contributed by atoms with Gasteiger partial charge in [0.2, 0.25) is 0 Å². The Labute approximate surface area is 200 Å². The van der Waals surface area contributed by atoms with Gasteiger partial charge in [-0.1, -0.05) is 104 Å². The van der Waals surface area contributed by atoms with E-state index in [2.05, 4.69) is 55.6 Å². The summed E-state index contributed by atoms with van der Waals surface area (Å²) < 4.78 is 0. The molecule has 4 aromatic rings. The molecule has 33 heavy (non-hydrogen) atoms. The fourth-order valence-electron chi connectivity index (χ4n) is 3.53. The van der Waals surface area contributed by atoms with E-state index in [1.54, 1.807) is 11.8 Å². The van der Waals surface area contributed by atoms with Gasteiger partial charge in [-0.05, 0) is 63.9 Å². The van der Waals surface area contributed by atoms with Crippen LogP contribution in [0, 0.1) is 0 Å². The molecule has 1 N–H and O–H groups in total. The van der Waals surface area contributed by atoms with Gasteiger partial charge in [0, 0.05) is 10.6 Å². The zero-order valence-corrected chi connectivity index (χ0v) is 19.7. The van der Waals surface area contributed by atoms with Gasteiger partial charge >= 0.3 is 0 Å². The smallest absolute Gasteiger partial charge is 0.256 e. The Morgan fingerprint density at radius 3 is 2.06 bits per heavy atom. The first-order valence-corrected chi connectivity index (χ1v) is 12.0. The lowest BCUT2D eigenvalue weighted by atomic mass is 9.99. The van der Waals surface area contributed by atoms with E-state index in [0.29, 0.717) is 11.5 Å². The Morgan fingerprint density at radius 1 is 0.758 bits per heavy atom. The van der Waals surface area contributed by atoms with Crippen LogP contribution in [0.5, 0.6) is 0 Å². The summed E-state index contributed by atoms with van der Waals surface area (Å²) in [5, 5.41) is 5.02. The van der Waals surface area contributed by atoms with Gasteiger partial charge < -0.3 is 5.32 Å². The van der Waals surface area contributed by atoms with E-state index < -0.39 is 0 Å². The zero-order valence-electron chi connectivity index (χ0n) is 18.9. The van der Waals surface area contributed by atoms with Crippen LogP contribution in [0.1, 0.15) is 30.9 Å². The van der Waals surface area contributed by atoms with Crippen LogP contribution in [0.3, 0.4) is 0 Å². The molecule has 0 atom stereocenters. The van der Waals surface area contributed by atoms with Crippen molar-refractivity contribution >= 4 is 28.9 Å². The van der Waals surface area contributed by atoms with Gasteiger partial charge in [-0.15, -0.1) is 0 Å². The molecule has 0 aliphatic heterocycles. The predicted molar refractivity (Wildman–Crippen MR) is 141 cm³/mol. The quantitative estimate of drug-likeness (QED) is 0.227. The summed E-state index contributed by atoms with van der Waals surface area (Å²) in [7, 11) is 0. The van der Waals surface area contributed by atoms with Crippen molar-refractivity contribution in [2.45, 2.75) is 24.7 Å². The molecule has 4 aromatic carbocycles. The summed E-state index contributed by atoms with van der Waals surface area (Å²) in [5.74, 6) is 0.328. The minimum absolute atomic E-state index is 0.124. The first-order chi connectivity index (χ1) is 16.1. The van der Waals surface area contributed by atoms with Crippen LogP contribution >= 0.6 is 11.8 Å². The summed E-state index contributed by atoms with van der Waals surface area (Å²) in [4.78, 5) is 14.5. The number of nitrogens with one attached hydrogen (secondary N) is 1. The number of carbonyl (C=O) groups excluding carboxylic acids is 1. The number of rotatable bonds is 7. The minimum Gasteiger partial charge on any atom is -0.322 e. The van der Waals surface area contributed by atoms with Crippen LogP contribution in [0.25, 0.3) is 16.7 Å². The lowest BCUT2D eigenvalue weighted by Gasteiger charge is -2.12. The van der Waals surface area contributed by atoms with Crippen LogP contribution in [-0.2, 0) is 4.79 Å². The minimum atomic E-state index is -0.124. The second kappa shape index (κ2) is 10.8. The van der Waals surface area contributed by atoms with E-state index in [1.807, 2.05) is 78.2 Å². The van der Waals surface area contributed by atoms with E-state index in [4.69, 9.17) is 0 Å². The zero-order chi connectivity index (χ0) is 23.0. The predicted octanol–water partition coefficient (Wildman–Crippen LogP) is 8.25. The number of hydrogen-bond acceptors (Lipinski definition) is 2. The van der Waals surface area contributed by atoms with Crippen molar-refractivity contribution in [3.05, 3.63) is 126 Å². The maximum atomic E-state index is 13.4. The second-order valence-corrected chi connectivity index (χ2v) is 9.08. The summed E-state index contributed by atoms with van der Waals surface area (Å²) in [6.45, 7) is 4.32. The largest absolute Gasteiger partial charge is 0.322 e. The SMILES string of the molecule is CC(C)c1ccc(NC(=O)C(=CSc2ccccc2)c2cccc(-c3ccccc3)c2)cc1. The van der Waals surface area contributed by atoms with Crippen molar-refractivity contribution in [2.24, 2.45) is 0 Å². The van der Waals surface area contributed by atoms with Gasteiger partial charge in [0.1, 0.15) is 0 Å². The molecule has 4 rings (SSSR count). The van der Waals surface area contributed by atoms with Crippen molar-refractivity contribution in [2.75, 3.05) is 5.32 Å². The van der Waals surface area contributed by atoms with E-state index >= 15 is 0 Å². The molecule has 164 valence electrons. The fourth-order valence-corrected chi connectivity index (χ4v) is 4.34. The Hall–Kier alpha value is -3.56. The number of hydrogen-bond donors (Lipinski definition) is 1. The summed E-state index contributed by atoms with van der Waals surface area (Å²) in [6.07, 6.45) is 0. The highest BCUT2D eigenvalue weighted by atomic mass is 32.2. The van der Waals surface area contributed by atoms with Crippen molar-refractivity contribution < 1.29 is 4.79 Å². The lowest BCUT2D eigenvalue weighted by molar-refractivity contribution is -0.111. The van der Waals surface area contributed by atoms with E-state index in [-0.39, 0.29) is 5.91 Å². The van der Waals surface area contributed by atoms with Crippen LogP contribution < -0.4 is 5.32 Å². The average Bonchev–Trinajstić information content (AvgIpc) is 2.86. The molecule has 0 saturated heterocycles. The monoisotopic (exact) mass is 449 g/mol. The third-order valence-corrected chi connectivity index (χ3v) is 6.31. The Morgan fingerprint density at radius 2 is 1.39 bits per heavy atom. The van der Waals surface area contributed by atoms with Crippen LogP contribution in [-0.4, -0.2) is 5.91 Å². The van der Waals surface area contributed by atoms with Crippen LogP contribution in [0.4, 0.5) is 5.69 Å². The highest BCUT2D eigenvalue weighted by molar-refractivity contribution is 8.02. The lowest BCUT2D eigenvalue weighted by Crippen LogP contribution is -2.13. The van der Waals surface area contributed by atoms with Gasteiger partial charge in [-0.2, -0.15) is 0 Å². The van der Waals surface area contributed by atoms with Crippen molar-refractivity contribution in [1.82, 2.24) is 0 Å². The normalized spacial score (nSPS) is 11.4. The van der Waals surface area contributed by atoms with Crippen molar-refractivity contribution in [3.63, 3.8) is 0 Å². The second-order valence-electron chi connectivity index (χ2n) is 8.14. The van der Waals surface area contributed by atoms with Gasteiger partial charge in [-0.25, -0.2) is 0 Å². The third kappa shape index (κ3) is 6.03. The van der Waals surface area contributed by atoms with Gasteiger partial charge in [0.25, 0.3) is 5.91 Å². The molecule has 0 unspecified atom stereocenters. The number of anilines is 1. The maximum Gasteiger partial charge on any atom is 0.256 e. The third-order valence-electron chi connectivity index (χ3n) is 5.42. The molecule has 0 aliphatic carbocycles. The van der Waals surface area contributed by atoms with E-state index in [0.717, 1.165) is 27.3 Å². The molecular weight excluding hydrogens is 422 g/mol. The maximum absolute atomic E-state index is 13.4. The summed E-state index contributed by atoms with van der Waals surface area (Å²) in [5.41, 5.74) is 5.76. The molecule has 0 aliphatic rings. The first-order valence-electron chi connectivity index (χ1n) is 11.1. The molecule has 0 fully saturated rings. The first kappa shape index (κ1) is 22.6.